The first-order valence-electron chi connectivity index (χ1n) is 4.11. The van der Waals surface area contributed by atoms with Gasteiger partial charge in [-0.2, -0.15) is 5.10 Å². The zero-order valence-corrected chi connectivity index (χ0v) is 9.10. The molecule has 0 aliphatic rings. The average molecular weight is 243 g/mol. The molecule has 0 spiro atoms. The van der Waals surface area contributed by atoms with Gasteiger partial charge in [-0.3, -0.25) is 4.79 Å². The van der Waals surface area contributed by atoms with Crippen molar-refractivity contribution >= 4 is 28.6 Å². The Balaban J connectivity index is 2.12. The van der Waals surface area contributed by atoms with Crippen molar-refractivity contribution in [2.75, 3.05) is 5.32 Å². The van der Waals surface area contributed by atoms with E-state index in [-0.39, 0.29) is 5.02 Å². The number of aromatic nitrogens is 3. The fourth-order valence-electron chi connectivity index (χ4n) is 1.02. The van der Waals surface area contributed by atoms with E-state index in [1.165, 1.54) is 17.5 Å². The van der Waals surface area contributed by atoms with Crippen LogP contribution in [0.3, 0.4) is 0 Å². The molecule has 0 atom stereocenters. The Morgan fingerprint density at radius 1 is 1.60 bits per heavy atom. The summed E-state index contributed by atoms with van der Waals surface area (Å²) in [5, 5.41) is 10.9. The molecule has 0 saturated heterocycles. The van der Waals surface area contributed by atoms with Gasteiger partial charge in [-0.25, -0.2) is 10.1 Å². The Labute approximate surface area is 94.1 Å². The Morgan fingerprint density at radius 2 is 2.47 bits per heavy atom. The minimum Gasteiger partial charge on any atom is -0.377 e. The van der Waals surface area contributed by atoms with Gasteiger partial charge in [0.2, 0.25) is 0 Å². The van der Waals surface area contributed by atoms with E-state index in [0.29, 0.717) is 12.2 Å². The van der Waals surface area contributed by atoms with Gasteiger partial charge >= 0.3 is 0 Å². The molecule has 2 aromatic heterocycles. The second-order valence-electron chi connectivity index (χ2n) is 2.76. The second kappa shape index (κ2) is 4.41. The third-order valence-electron chi connectivity index (χ3n) is 1.74. The first-order valence-corrected chi connectivity index (χ1v) is 5.43. The van der Waals surface area contributed by atoms with Crippen LogP contribution in [0.5, 0.6) is 0 Å². The van der Waals surface area contributed by atoms with Gasteiger partial charge < -0.3 is 5.32 Å². The molecule has 78 valence electrons. The lowest BCUT2D eigenvalue weighted by Gasteiger charge is -2.04. The number of thiazole rings is 1. The fraction of sp³-hybridized carbons (Fsp3) is 0.125. The molecular formula is C8H7ClN4OS. The number of halogens is 1. The van der Waals surface area contributed by atoms with Gasteiger partial charge in [0.25, 0.3) is 5.56 Å². The summed E-state index contributed by atoms with van der Waals surface area (Å²) in [7, 11) is 0. The van der Waals surface area contributed by atoms with Crippen LogP contribution in [0, 0.1) is 0 Å². The summed E-state index contributed by atoms with van der Waals surface area (Å²) in [6, 6.07) is 0. The van der Waals surface area contributed by atoms with Gasteiger partial charge in [0.15, 0.2) is 0 Å². The molecule has 0 fully saturated rings. The monoisotopic (exact) mass is 242 g/mol. The number of hydrogen-bond donors (Lipinski definition) is 2. The number of nitrogens with one attached hydrogen (secondary N) is 2. The van der Waals surface area contributed by atoms with Crippen LogP contribution in [0.4, 0.5) is 5.69 Å². The van der Waals surface area contributed by atoms with Gasteiger partial charge in [-0.1, -0.05) is 11.6 Å². The van der Waals surface area contributed by atoms with Crippen LogP contribution in [0.2, 0.25) is 5.02 Å². The highest BCUT2D eigenvalue weighted by Crippen LogP contribution is 2.15. The zero-order valence-electron chi connectivity index (χ0n) is 7.53. The van der Waals surface area contributed by atoms with E-state index < -0.39 is 5.56 Å². The van der Waals surface area contributed by atoms with E-state index in [1.54, 1.807) is 5.51 Å². The van der Waals surface area contributed by atoms with Crippen molar-refractivity contribution in [1.82, 2.24) is 15.2 Å². The molecule has 0 aliphatic carbocycles. The summed E-state index contributed by atoms with van der Waals surface area (Å²) in [4.78, 5) is 15.2. The van der Waals surface area contributed by atoms with Crippen LogP contribution in [-0.4, -0.2) is 15.2 Å². The van der Waals surface area contributed by atoms with Crippen molar-refractivity contribution in [1.29, 1.82) is 0 Å². The molecule has 0 unspecified atom stereocenters. The van der Waals surface area contributed by atoms with E-state index in [2.05, 4.69) is 20.5 Å². The van der Waals surface area contributed by atoms with Crippen molar-refractivity contribution in [2.24, 2.45) is 0 Å². The second-order valence-corrected chi connectivity index (χ2v) is 3.86. The molecule has 2 N–H and O–H groups in total. The number of H-pyrrole nitrogens is 1. The van der Waals surface area contributed by atoms with Crippen LogP contribution in [0.25, 0.3) is 0 Å². The highest BCUT2D eigenvalue weighted by atomic mass is 35.5. The Bertz CT molecular complexity index is 496. The number of rotatable bonds is 3. The minimum atomic E-state index is -0.403. The van der Waals surface area contributed by atoms with Crippen molar-refractivity contribution in [3.05, 3.63) is 38.2 Å². The molecule has 5 nitrogen and oxygen atoms in total. The van der Waals surface area contributed by atoms with Gasteiger partial charge in [0.1, 0.15) is 5.02 Å². The maximum absolute atomic E-state index is 11.1. The zero-order chi connectivity index (χ0) is 10.7. The molecule has 2 heterocycles. The van der Waals surface area contributed by atoms with Crippen LogP contribution in [0.1, 0.15) is 5.69 Å². The molecule has 0 aliphatic heterocycles. The molecule has 0 saturated carbocycles. The fourth-order valence-corrected chi connectivity index (χ4v) is 1.73. The predicted octanol–water partition coefficient (Wildman–Crippen LogP) is 1.49. The molecule has 15 heavy (non-hydrogen) atoms. The predicted molar refractivity (Wildman–Crippen MR) is 59.3 cm³/mol. The first-order chi connectivity index (χ1) is 7.27. The van der Waals surface area contributed by atoms with E-state index in [0.717, 1.165) is 5.69 Å². The topological polar surface area (TPSA) is 70.7 Å². The van der Waals surface area contributed by atoms with Gasteiger partial charge in [0, 0.05) is 5.38 Å². The Kier molecular flexibility index (Phi) is 2.98. The number of nitrogens with zero attached hydrogens (tertiary/aromatic N) is 2. The van der Waals surface area contributed by atoms with Crippen molar-refractivity contribution in [3.63, 3.8) is 0 Å². The van der Waals surface area contributed by atoms with Gasteiger partial charge in [-0.05, 0) is 0 Å². The number of anilines is 1. The molecule has 0 amide bonds. The van der Waals surface area contributed by atoms with Gasteiger partial charge in [-0.15, -0.1) is 11.3 Å². The molecule has 2 aromatic rings. The smallest absolute Gasteiger partial charge is 0.285 e. The van der Waals surface area contributed by atoms with E-state index in [9.17, 15) is 4.79 Å². The third kappa shape index (κ3) is 2.34. The highest BCUT2D eigenvalue weighted by Gasteiger charge is 2.04. The number of aromatic amines is 1. The normalized spacial score (nSPS) is 10.2. The molecular weight excluding hydrogens is 236 g/mol. The van der Waals surface area contributed by atoms with E-state index >= 15 is 0 Å². The molecule has 0 radical (unpaired) electrons. The summed E-state index contributed by atoms with van der Waals surface area (Å²) in [6.45, 7) is 0.522. The van der Waals surface area contributed by atoms with Crippen molar-refractivity contribution in [3.8, 4) is 0 Å². The summed E-state index contributed by atoms with van der Waals surface area (Å²) in [6.07, 6.45) is 1.47. The van der Waals surface area contributed by atoms with Crippen LogP contribution < -0.4 is 10.9 Å². The molecule has 0 bridgehead atoms. The third-order valence-corrected chi connectivity index (χ3v) is 2.75. The van der Waals surface area contributed by atoms with E-state index in [1.807, 2.05) is 5.38 Å². The summed E-state index contributed by atoms with van der Waals surface area (Å²) < 4.78 is 0. The lowest BCUT2D eigenvalue weighted by Crippen LogP contribution is -2.11. The summed E-state index contributed by atoms with van der Waals surface area (Å²) >= 11 is 7.28. The Morgan fingerprint density at radius 3 is 3.20 bits per heavy atom. The van der Waals surface area contributed by atoms with Crippen LogP contribution in [0.15, 0.2) is 21.9 Å². The maximum atomic E-state index is 11.1. The highest BCUT2D eigenvalue weighted by molar-refractivity contribution is 7.07. The van der Waals surface area contributed by atoms with E-state index in [4.69, 9.17) is 11.6 Å². The number of hydrogen-bond acceptors (Lipinski definition) is 5. The lowest BCUT2D eigenvalue weighted by atomic mass is 10.4. The quantitative estimate of drug-likeness (QED) is 0.856. The summed E-state index contributed by atoms with van der Waals surface area (Å²) in [5.74, 6) is 0. The Hall–Kier alpha value is -1.40. The molecule has 2 rings (SSSR count). The van der Waals surface area contributed by atoms with Crippen LogP contribution in [-0.2, 0) is 6.54 Å². The molecule has 7 heteroatoms. The van der Waals surface area contributed by atoms with Crippen molar-refractivity contribution < 1.29 is 0 Å². The standard InChI is InChI=1S/C8H7ClN4OS/c9-7-6(2-12-13-8(7)14)10-1-5-3-15-4-11-5/h2-4H,1H2,(H2,10,13,14). The van der Waals surface area contributed by atoms with Gasteiger partial charge in [0.05, 0.1) is 29.6 Å². The maximum Gasteiger partial charge on any atom is 0.285 e. The first kappa shape index (κ1) is 10.1. The SMILES string of the molecule is O=c1[nH]ncc(NCc2cscn2)c1Cl. The largest absolute Gasteiger partial charge is 0.377 e. The van der Waals surface area contributed by atoms with Crippen LogP contribution >= 0.6 is 22.9 Å². The average Bonchev–Trinajstić information content (AvgIpc) is 2.73. The molecule has 0 aromatic carbocycles. The van der Waals surface area contributed by atoms with Crippen molar-refractivity contribution in [2.45, 2.75) is 6.54 Å². The lowest BCUT2D eigenvalue weighted by molar-refractivity contribution is 0.977. The summed E-state index contributed by atoms with van der Waals surface area (Å²) in [5.41, 5.74) is 2.75. The minimum absolute atomic E-state index is 0.111.